The number of thiophene rings is 1. The van der Waals surface area contributed by atoms with Gasteiger partial charge in [-0.25, -0.2) is 5.43 Å². The Bertz CT molecular complexity index is 1140. The average molecular weight is 468 g/mol. The molecule has 0 saturated heterocycles. The molecule has 0 aliphatic heterocycles. The van der Waals surface area contributed by atoms with E-state index in [0.29, 0.717) is 23.7 Å². The number of ether oxygens (including phenoxy) is 2. The molecule has 1 aromatic heterocycles. The predicted molar refractivity (Wildman–Crippen MR) is 133 cm³/mol. The third kappa shape index (κ3) is 6.32. The smallest absolute Gasteiger partial charge is 0.259 e. The Kier molecular flexibility index (Phi) is 8.83. The third-order valence-electron chi connectivity index (χ3n) is 5.01. The van der Waals surface area contributed by atoms with E-state index in [-0.39, 0.29) is 12.5 Å². The van der Waals surface area contributed by atoms with Crippen molar-refractivity contribution < 1.29 is 19.1 Å². The van der Waals surface area contributed by atoms with E-state index in [4.69, 9.17) is 9.47 Å². The molecule has 33 heavy (non-hydrogen) atoms. The zero-order chi connectivity index (χ0) is 23.6. The van der Waals surface area contributed by atoms with Gasteiger partial charge >= 0.3 is 0 Å². The van der Waals surface area contributed by atoms with Crippen LogP contribution in [0.2, 0.25) is 0 Å². The van der Waals surface area contributed by atoms with Gasteiger partial charge in [0.25, 0.3) is 11.8 Å². The number of amides is 2. The molecule has 0 atom stereocenters. The van der Waals surface area contributed by atoms with Crippen molar-refractivity contribution in [3.05, 3.63) is 59.0 Å². The van der Waals surface area contributed by atoms with E-state index in [9.17, 15) is 9.59 Å². The van der Waals surface area contributed by atoms with Crippen LogP contribution >= 0.6 is 11.3 Å². The van der Waals surface area contributed by atoms with Crippen molar-refractivity contribution in [1.82, 2.24) is 10.7 Å². The van der Waals surface area contributed by atoms with Gasteiger partial charge in [0.15, 0.2) is 11.5 Å². The molecule has 0 aliphatic carbocycles. The highest BCUT2D eigenvalue weighted by Crippen LogP contribution is 2.28. The van der Waals surface area contributed by atoms with E-state index in [1.807, 2.05) is 19.1 Å². The van der Waals surface area contributed by atoms with E-state index >= 15 is 0 Å². The van der Waals surface area contributed by atoms with Gasteiger partial charge in [-0.1, -0.05) is 31.5 Å². The molecule has 3 rings (SSSR count). The van der Waals surface area contributed by atoms with Crippen molar-refractivity contribution in [1.29, 1.82) is 0 Å². The van der Waals surface area contributed by atoms with Gasteiger partial charge in [0.05, 0.1) is 26.0 Å². The molecule has 0 aliphatic rings. The second kappa shape index (κ2) is 12.0. The topological polar surface area (TPSA) is 89.0 Å². The summed E-state index contributed by atoms with van der Waals surface area (Å²) in [6.45, 7) is 4.29. The zero-order valence-electron chi connectivity index (χ0n) is 19.1. The fourth-order valence-electron chi connectivity index (χ4n) is 3.31. The van der Waals surface area contributed by atoms with Crippen LogP contribution in [0.5, 0.6) is 11.5 Å². The Hall–Kier alpha value is -3.39. The zero-order valence-corrected chi connectivity index (χ0v) is 20.0. The van der Waals surface area contributed by atoms with Crippen LogP contribution in [0.15, 0.2) is 52.9 Å². The van der Waals surface area contributed by atoms with E-state index < -0.39 is 5.91 Å². The minimum Gasteiger partial charge on any atom is -0.493 e. The van der Waals surface area contributed by atoms with Crippen LogP contribution in [0, 0.1) is 0 Å². The normalized spacial score (nSPS) is 11.3. The van der Waals surface area contributed by atoms with Crippen LogP contribution in [-0.4, -0.2) is 37.8 Å². The highest BCUT2D eigenvalue weighted by molar-refractivity contribution is 7.17. The van der Waals surface area contributed by atoms with Crippen LogP contribution in [0.25, 0.3) is 10.1 Å². The molecule has 2 aromatic carbocycles. The summed E-state index contributed by atoms with van der Waals surface area (Å²) in [5.41, 5.74) is 4.84. The summed E-state index contributed by atoms with van der Waals surface area (Å²) < 4.78 is 11.9. The van der Waals surface area contributed by atoms with Crippen molar-refractivity contribution >= 4 is 38.9 Å². The molecule has 8 heteroatoms. The molecule has 0 unspecified atom stereocenters. The molecule has 0 fully saturated rings. The van der Waals surface area contributed by atoms with Crippen LogP contribution in [0.1, 0.15) is 49.0 Å². The molecule has 174 valence electrons. The summed E-state index contributed by atoms with van der Waals surface area (Å²) in [7, 11) is 1.51. The maximum Gasteiger partial charge on any atom is 0.259 e. The number of unbranched alkanes of at least 4 members (excludes halogenated alkanes) is 1. The highest BCUT2D eigenvalue weighted by Gasteiger charge is 2.14. The number of hydrazone groups is 1. The Labute approximate surface area is 197 Å². The molecule has 2 amide bonds. The summed E-state index contributed by atoms with van der Waals surface area (Å²) >= 11 is 1.66. The third-order valence-corrected chi connectivity index (χ3v) is 5.97. The van der Waals surface area contributed by atoms with Crippen LogP contribution in [0.4, 0.5) is 0 Å². The van der Waals surface area contributed by atoms with E-state index in [0.717, 1.165) is 35.9 Å². The summed E-state index contributed by atoms with van der Waals surface area (Å²) in [4.78, 5) is 24.9. The van der Waals surface area contributed by atoms with Gasteiger partial charge in [0.1, 0.15) is 0 Å². The number of nitrogens with zero attached hydrogens (tertiary/aromatic N) is 1. The monoisotopic (exact) mass is 467 g/mol. The number of carbonyl (C=O) groups is 2. The maximum absolute atomic E-state index is 12.5. The van der Waals surface area contributed by atoms with Crippen molar-refractivity contribution in [2.45, 2.75) is 33.1 Å². The number of nitrogens with one attached hydrogen (secondary N) is 2. The number of methoxy groups -OCH3 is 1. The molecule has 0 spiro atoms. The summed E-state index contributed by atoms with van der Waals surface area (Å²) in [5.74, 6) is 0.242. The first kappa shape index (κ1) is 24.3. The van der Waals surface area contributed by atoms with Gasteiger partial charge in [0, 0.05) is 26.6 Å². The minimum atomic E-state index is -0.394. The van der Waals surface area contributed by atoms with Crippen molar-refractivity contribution in [2.24, 2.45) is 5.10 Å². The SMILES string of the molecule is CCCCC(=NNC(=O)CNC(=O)c1ccc(OCC)c(OC)c1)c1csc2ccccc12. The molecule has 0 saturated carbocycles. The van der Waals surface area contributed by atoms with E-state index in [1.54, 1.807) is 29.5 Å². The molecule has 7 nitrogen and oxygen atoms in total. The number of rotatable bonds is 11. The first-order valence-corrected chi connectivity index (χ1v) is 11.9. The quantitative estimate of drug-likeness (QED) is 0.315. The lowest BCUT2D eigenvalue weighted by atomic mass is 10.0. The molecule has 0 radical (unpaired) electrons. The van der Waals surface area contributed by atoms with Crippen molar-refractivity contribution in [3.8, 4) is 11.5 Å². The Balaban J connectivity index is 1.64. The lowest BCUT2D eigenvalue weighted by Gasteiger charge is -2.11. The number of benzene rings is 2. The highest BCUT2D eigenvalue weighted by atomic mass is 32.1. The van der Waals surface area contributed by atoms with Crippen LogP contribution in [-0.2, 0) is 4.79 Å². The fraction of sp³-hybridized carbons (Fsp3) is 0.320. The number of hydrogen-bond acceptors (Lipinski definition) is 6. The number of hydrogen-bond donors (Lipinski definition) is 2. The lowest BCUT2D eigenvalue weighted by molar-refractivity contribution is -0.120. The van der Waals surface area contributed by atoms with Crippen LogP contribution in [0.3, 0.4) is 0 Å². The summed E-state index contributed by atoms with van der Waals surface area (Å²) in [6, 6.07) is 13.0. The van der Waals surface area contributed by atoms with Crippen molar-refractivity contribution in [2.75, 3.05) is 20.3 Å². The predicted octanol–water partition coefficient (Wildman–Crippen LogP) is 4.75. The first-order valence-electron chi connectivity index (χ1n) is 11.0. The standard InChI is InChI=1S/C25H29N3O4S/c1-4-6-10-20(19-16-33-23-11-8-7-9-18(19)23)27-28-24(29)15-26-25(30)17-12-13-21(32-5-2)22(14-17)31-3/h7-9,11-14,16H,4-6,10,15H2,1-3H3,(H,26,30)(H,28,29). The van der Waals surface area contributed by atoms with Gasteiger partial charge in [-0.3, -0.25) is 9.59 Å². The van der Waals surface area contributed by atoms with E-state index in [2.05, 4.69) is 40.3 Å². The number of fused-ring (bicyclic) bond motifs is 1. The van der Waals surface area contributed by atoms with Gasteiger partial charge in [-0.2, -0.15) is 5.10 Å². The first-order chi connectivity index (χ1) is 16.1. The molecular formula is C25H29N3O4S. The molecular weight excluding hydrogens is 438 g/mol. The van der Waals surface area contributed by atoms with Crippen LogP contribution < -0.4 is 20.2 Å². The molecule has 3 aromatic rings. The number of carbonyl (C=O) groups excluding carboxylic acids is 2. The van der Waals surface area contributed by atoms with Gasteiger partial charge in [-0.15, -0.1) is 11.3 Å². The summed E-state index contributed by atoms with van der Waals surface area (Å²) in [6.07, 6.45) is 2.75. The largest absolute Gasteiger partial charge is 0.493 e. The summed E-state index contributed by atoms with van der Waals surface area (Å²) in [5, 5.41) is 10.2. The average Bonchev–Trinajstić information content (AvgIpc) is 3.27. The Morgan fingerprint density at radius 1 is 1.09 bits per heavy atom. The second-order valence-electron chi connectivity index (χ2n) is 7.32. The fourth-order valence-corrected chi connectivity index (χ4v) is 4.28. The Morgan fingerprint density at radius 2 is 1.91 bits per heavy atom. The van der Waals surface area contributed by atoms with Crippen molar-refractivity contribution in [3.63, 3.8) is 0 Å². The van der Waals surface area contributed by atoms with Gasteiger partial charge < -0.3 is 14.8 Å². The minimum absolute atomic E-state index is 0.191. The molecule has 0 bridgehead atoms. The Morgan fingerprint density at radius 3 is 2.67 bits per heavy atom. The van der Waals surface area contributed by atoms with Gasteiger partial charge in [-0.05, 0) is 44.0 Å². The van der Waals surface area contributed by atoms with E-state index in [1.165, 1.54) is 11.8 Å². The lowest BCUT2D eigenvalue weighted by Crippen LogP contribution is -2.35. The molecule has 2 N–H and O–H groups in total. The second-order valence-corrected chi connectivity index (χ2v) is 8.24. The van der Waals surface area contributed by atoms with Gasteiger partial charge in [0.2, 0.25) is 0 Å². The maximum atomic E-state index is 12.5. The molecule has 1 heterocycles.